The second-order valence-corrected chi connectivity index (χ2v) is 24.5. The van der Waals surface area contributed by atoms with E-state index in [4.69, 9.17) is 18.9 Å². The van der Waals surface area contributed by atoms with Crippen molar-refractivity contribution in [1.82, 2.24) is 10.2 Å². The van der Waals surface area contributed by atoms with Crippen molar-refractivity contribution in [3.8, 4) is 28.0 Å². The molecular weight excluding hydrogens is 1060 g/mol. The summed E-state index contributed by atoms with van der Waals surface area (Å²) in [4.78, 5) is 43.2. The number of alkyl carbamates (subject to hydrolysis) is 1. The number of carbonyl (C=O) groups is 3. The van der Waals surface area contributed by atoms with Crippen LogP contribution < -0.4 is 10.1 Å². The third-order valence-electron chi connectivity index (χ3n) is 18.1. The van der Waals surface area contributed by atoms with E-state index in [2.05, 4.69) is 36.5 Å². The molecule has 0 spiro atoms. The molecule has 8 rings (SSSR count). The van der Waals surface area contributed by atoms with Crippen molar-refractivity contribution in [2.75, 3.05) is 39.5 Å². The zero-order chi connectivity index (χ0) is 59.2. The molecular formula is C75H101FN2O7. The number of amides is 2. The summed E-state index contributed by atoms with van der Waals surface area (Å²) >= 11 is 0. The van der Waals surface area contributed by atoms with Crippen molar-refractivity contribution in [2.24, 2.45) is 0 Å². The number of carbonyl (C=O) groups excluding carboxylic acids is 3. The van der Waals surface area contributed by atoms with E-state index in [9.17, 15) is 14.4 Å². The molecule has 2 aliphatic carbocycles. The minimum Gasteiger partial charge on any atom is -0.494 e. The molecule has 0 saturated carbocycles. The quantitative estimate of drug-likeness (QED) is 0.0307. The Labute approximate surface area is 509 Å². The Hall–Kier alpha value is -6.00. The van der Waals surface area contributed by atoms with Crippen molar-refractivity contribution in [3.05, 3.63) is 149 Å². The fraction of sp³-hybridized carbons (Fsp3) is 0.560. The van der Waals surface area contributed by atoms with E-state index in [0.717, 1.165) is 59.4 Å². The second-order valence-electron chi connectivity index (χ2n) is 24.5. The number of likely N-dealkylation sites (tertiary alicyclic amines) is 1. The summed E-state index contributed by atoms with van der Waals surface area (Å²) in [6, 6.07) is 35.1. The Balaban J connectivity index is 0.686. The van der Waals surface area contributed by atoms with Gasteiger partial charge in [-0.05, 0) is 89.8 Å². The molecule has 9 nitrogen and oxygen atoms in total. The largest absolute Gasteiger partial charge is 0.494 e. The van der Waals surface area contributed by atoms with Crippen LogP contribution in [-0.2, 0) is 29.4 Å². The van der Waals surface area contributed by atoms with Crippen LogP contribution >= 0.6 is 0 Å². The number of nitrogens with one attached hydrogen (secondary N) is 1. The normalized spacial score (nSPS) is 15.8. The van der Waals surface area contributed by atoms with Gasteiger partial charge in [0.15, 0.2) is 5.60 Å². The molecule has 1 unspecified atom stereocenters. The lowest BCUT2D eigenvalue weighted by Gasteiger charge is -2.35. The van der Waals surface area contributed by atoms with Crippen molar-refractivity contribution in [3.63, 3.8) is 0 Å². The number of rotatable bonds is 42. The van der Waals surface area contributed by atoms with Gasteiger partial charge in [-0.2, -0.15) is 0 Å². The van der Waals surface area contributed by atoms with Crippen molar-refractivity contribution in [2.45, 2.75) is 230 Å². The van der Waals surface area contributed by atoms with Gasteiger partial charge in [0, 0.05) is 42.4 Å². The number of unbranched alkanes of at least 4 members (excludes halogenated alkanes) is 28. The van der Waals surface area contributed by atoms with Gasteiger partial charge in [0.05, 0.1) is 6.61 Å². The van der Waals surface area contributed by atoms with E-state index in [1.807, 2.05) is 66.7 Å². The maximum absolute atomic E-state index is 15.3. The van der Waals surface area contributed by atoms with E-state index >= 15 is 4.39 Å². The zero-order valence-corrected chi connectivity index (χ0v) is 51.7. The van der Waals surface area contributed by atoms with E-state index in [0.29, 0.717) is 48.4 Å². The van der Waals surface area contributed by atoms with Gasteiger partial charge < -0.3 is 29.2 Å². The van der Waals surface area contributed by atoms with E-state index in [1.165, 1.54) is 197 Å². The van der Waals surface area contributed by atoms with Crippen LogP contribution in [0.4, 0.5) is 9.18 Å². The van der Waals surface area contributed by atoms with Crippen molar-refractivity contribution >= 4 is 18.0 Å². The second kappa shape index (κ2) is 36.2. The van der Waals surface area contributed by atoms with Crippen LogP contribution in [0.2, 0.25) is 0 Å². The Kier molecular flexibility index (Phi) is 27.7. The number of nitrogens with zero attached hydrogens (tertiary/aromatic N) is 1. The van der Waals surface area contributed by atoms with E-state index < -0.39 is 35.4 Å². The molecule has 2 atom stereocenters. The van der Waals surface area contributed by atoms with Crippen LogP contribution in [0.15, 0.2) is 115 Å². The molecule has 0 radical (unpaired) electrons. The van der Waals surface area contributed by atoms with E-state index in [-0.39, 0.29) is 19.1 Å². The third kappa shape index (κ3) is 19.2. The monoisotopic (exact) mass is 1160 g/mol. The number of ether oxygens (including phenoxy) is 4. The molecule has 1 aliphatic heterocycles. The van der Waals surface area contributed by atoms with Crippen LogP contribution in [-0.4, -0.2) is 68.4 Å². The standard InChI is InChI=1S/C75H101FN2O7/c1-2-3-4-5-6-7-8-9-10-11-12-13-14-15-16-17-20-23-26-35-52-82-53-36-27-24-21-18-19-22-25-28-37-54-83-61-49-50-67-66-46-33-34-47-69(66)75(70(67)56-61,59-40-38-41-60(76)55-59)85-73(80)71-48-39-51-78(71)72(79)57-77-74(81)84-58-68-64-44-31-29-42-62(64)63-43-30-32-45-65(63)68/h29-34,38,40-47,49-50,55-56,68,71H,2-28,35-37,39,48,51-54,57-58H2,1H3,(H,77,81)/t71-,75?/m0/s1. The molecule has 460 valence electrons. The average Bonchev–Trinajstić information content (AvgIpc) is 1.85. The molecule has 0 aromatic heterocycles. The van der Waals surface area contributed by atoms with Gasteiger partial charge in [-0.3, -0.25) is 4.79 Å². The average molecular weight is 1160 g/mol. The van der Waals surface area contributed by atoms with Crippen LogP contribution in [0.5, 0.6) is 5.75 Å². The Morgan fingerprint density at radius 2 is 1.02 bits per heavy atom. The van der Waals surface area contributed by atoms with Gasteiger partial charge in [-0.1, -0.05) is 271 Å². The molecule has 5 aromatic carbocycles. The summed E-state index contributed by atoms with van der Waals surface area (Å²) in [5.74, 6) is -0.980. The predicted octanol–water partition coefficient (Wildman–Crippen LogP) is 19.3. The summed E-state index contributed by atoms with van der Waals surface area (Å²) < 4.78 is 40.2. The van der Waals surface area contributed by atoms with Gasteiger partial charge in [-0.15, -0.1) is 0 Å². The fourth-order valence-corrected chi connectivity index (χ4v) is 13.4. The first-order valence-electron chi connectivity index (χ1n) is 33.7. The van der Waals surface area contributed by atoms with Gasteiger partial charge in [0.1, 0.15) is 30.8 Å². The first-order valence-corrected chi connectivity index (χ1v) is 33.7. The van der Waals surface area contributed by atoms with Crippen LogP contribution in [0.3, 0.4) is 0 Å². The lowest BCUT2D eigenvalue weighted by atomic mass is 9.83. The van der Waals surface area contributed by atoms with Crippen molar-refractivity contribution in [1.29, 1.82) is 0 Å². The summed E-state index contributed by atoms with van der Waals surface area (Å²) in [6.07, 6.45) is 40.4. The van der Waals surface area contributed by atoms with Gasteiger partial charge in [0.2, 0.25) is 5.91 Å². The summed E-state index contributed by atoms with van der Waals surface area (Å²) in [5.41, 5.74) is 6.46. The highest BCUT2D eigenvalue weighted by Crippen LogP contribution is 2.55. The van der Waals surface area contributed by atoms with Gasteiger partial charge >= 0.3 is 12.1 Å². The molecule has 1 N–H and O–H groups in total. The molecule has 2 amide bonds. The Morgan fingerprint density at radius 1 is 0.529 bits per heavy atom. The lowest BCUT2D eigenvalue weighted by Crippen LogP contribution is -2.48. The Bertz CT molecular complexity index is 2750. The molecule has 1 saturated heterocycles. The smallest absolute Gasteiger partial charge is 0.407 e. The van der Waals surface area contributed by atoms with Gasteiger partial charge in [-0.25, -0.2) is 14.0 Å². The minimum absolute atomic E-state index is 0.113. The van der Waals surface area contributed by atoms with Crippen molar-refractivity contribution < 1.29 is 37.7 Å². The highest BCUT2D eigenvalue weighted by atomic mass is 19.1. The topological polar surface area (TPSA) is 103 Å². The van der Waals surface area contributed by atoms with Crippen LogP contribution in [0, 0.1) is 5.82 Å². The number of hydrogen-bond donors (Lipinski definition) is 1. The third-order valence-corrected chi connectivity index (χ3v) is 18.1. The minimum atomic E-state index is -1.53. The van der Waals surface area contributed by atoms with Crippen LogP contribution in [0.1, 0.15) is 246 Å². The SMILES string of the molecule is CCCCCCCCCCCCCCCCCCCCCCOCCCCCCCCCCCCOc1ccc2c(c1)C(OC(=O)[C@@H]1CCCN1C(=O)CNC(=O)OCC1c3ccccc3-c3ccccc31)(c1cccc(F)c1)c1ccccc1-2. The number of fused-ring (bicyclic) bond motifs is 6. The number of halogens is 1. The van der Waals surface area contributed by atoms with Crippen LogP contribution in [0.25, 0.3) is 22.3 Å². The first-order chi connectivity index (χ1) is 41.9. The number of benzene rings is 5. The fourth-order valence-electron chi connectivity index (χ4n) is 13.4. The van der Waals surface area contributed by atoms with Gasteiger partial charge in [0.25, 0.3) is 0 Å². The predicted molar refractivity (Wildman–Crippen MR) is 343 cm³/mol. The summed E-state index contributed by atoms with van der Waals surface area (Å²) in [5, 5.41) is 2.63. The Morgan fingerprint density at radius 3 is 1.58 bits per heavy atom. The molecule has 3 aliphatic rings. The zero-order valence-electron chi connectivity index (χ0n) is 51.7. The molecule has 1 heterocycles. The highest BCUT2D eigenvalue weighted by Gasteiger charge is 2.51. The summed E-state index contributed by atoms with van der Waals surface area (Å²) in [7, 11) is 0. The molecule has 85 heavy (non-hydrogen) atoms. The highest BCUT2D eigenvalue weighted by molar-refractivity contribution is 5.90. The molecule has 0 bridgehead atoms. The maximum Gasteiger partial charge on any atom is 0.407 e. The summed E-state index contributed by atoms with van der Waals surface area (Å²) in [6.45, 7) is 4.75. The number of esters is 1. The molecule has 5 aromatic rings. The lowest BCUT2D eigenvalue weighted by molar-refractivity contribution is -0.161. The molecule has 10 heteroatoms. The first kappa shape index (κ1) is 65.0. The maximum atomic E-state index is 15.3. The molecule has 1 fully saturated rings. The van der Waals surface area contributed by atoms with E-state index in [1.54, 1.807) is 12.1 Å². The number of hydrogen-bond acceptors (Lipinski definition) is 7.